The van der Waals surface area contributed by atoms with Gasteiger partial charge in [-0.05, 0) is 24.1 Å². The zero-order valence-electron chi connectivity index (χ0n) is 10.4. The van der Waals surface area contributed by atoms with Crippen molar-refractivity contribution >= 4 is 18.3 Å². The van der Waals surface area contributed by atoms with Crippen molar-refractivity contribution in [2.45, 2.75) is 24.8 Å². The fourth-order valence-electron chi connectivity index (χ4n) is 1.70. The quantitative estimate of drug-likeness (QED) is 0.635. The van der Waals surface area contributed by atoms with Gasteiger partial charge >= 0.3 is 0 Å². The van der Waals surface area contributed by atoms with Crippen LogP contribution in [-0.2, 0) is 4.18 Å². The maximum atomic E-state index is 9.25. The minimum Gasteiger partial charge on any atom is -0.508 e. The van der Waals surface area contributed by atoms with E-state index < -0.39 is 0 Å². The van der Waals surface area contributed by atoms with Crippen molar-refractivity contribution in [2.24, 2.45) is 4.99 Å². The first kappa shape index (κ1) is 13.4. The van der Waals surface area contributed by atoms with E-state index in [4.69, 9.17) is 4.18 Å². The molecular weight excluding hydrogens is 248 g/mol. The summed E-state index contributed by atoms with van der Waals surface area (Å²) in [6.45, 7) is 3.67. The third-order valence-corrected chi connectivity index (χ3v) is 3.46. The summed E-state index contributed by atoms with van der Waals surface area (Å²) in [6.07, 6.45) is 2.97. The first-order chi connectivity index (χ1) is 8.79. The zero-order chi connectivity index (χ0) is 12.8. The largest absolute Gasteiger partial charge is 0.508 e. The van der Waals surface area contributed by atoms with Crippen molar-refractivity contribution < 1.29 is 9.29 Å². The van der Waals surface area contributed by atoms with E-state index in [-0.39, 0.29) is 11.4 Å². The molecule has 4 nitrogen and oxygen atoms in total. The molecule has 1 aromatic rings. The summed E-state index contributed by atoms with van der Waals surface area (Å²) in [5.41, 5.74) is 1.15. The summed E-state index contributed by atoms with van der Waals surface area (Å²) in [7, 11) is 0. The highest BCUT2D eigenvalue weighted by Gasteiger charge is 2.18. The van der Waals surface area contributed by atoms with E-state index >= 15 is 0 Å². The normalized spacial score (nSPS) is 23.2. The summed E-state index contributed by atoms with van der Waals surface area (Å²) in [4.78, 5) is 4.42. The van der Waals surface area contributed by atoms with Crippen molar-refractivity contribution in [3.63, 3.8) is 0 Å². The lowest BCUT2D eigenvalue weighted by molar-refractivity contribution is 0.366. The summed E-state index contributed by atoms with van der Waals surface area (Å²) in [6, 6.07) is 7.26. The number of benzene rings is 1. The van der Waals surface area contributed by atoms with Crippen LogP contribution in [0.4, 0.5) is 0 Å². The number of phenolic OH excluding ortho intramolecular Hbond substituents is 1. The molecule has 0 saturated carbocycles. The van der Waals surface area contributed by atoms with Crippen LogP contribution in [0.25, 0.3) is 0 Å². The Morgan fingerprint density at radius 2 is 2.22 bits per heavy atom. The van der Waals surface area contributed by atoms with Gasteiger partial charge in [0.2, 0.25) is 0 Å². The molecule has 2 N–H and O–H groups in total. The van der Waals surface area contributed by atoms with Gasteiger partial charge in [0.15, 0.2) is 5.50 Å². The fraction of sp³-hybridized carbons (Fsp3) is 0.462. The van der Waals surface area contributed by atoms with Gasteiger partial charge in [0.05, 0.1) is 6.61 Å². The molecule has 1 aliphatic rings. The van der Waals surface area contributed by atoms with Crippen LogP contribution in [0.3, 0.4) is 0 Å². The van der Waals surface area contributed by atoms with Crippen LogP contribution in [0.2, 0.25) is 0 Å². The number of hydrogen-bond donors (Lipinski definition) is 2. The Hall–Kier alpha value is -1.04. The number of aliphatic imine (C=N–C) groups is 1. The Balaban J connectivity index is 1.87. The van der Waals surface area contributed by atoms with Gasteiger partial charge in [-0.1, -0.05) is 19.1 Å². The lowest BCUT2D eigenvalue weighted by Crippen LogP contribution is -2.34. The highest BCUT2D eigenvalue weighted by molar-refractivity contribution is 7.95. The molecule has 1 aromatic carbocycles. The number of hydrogen-bond acceptors (Lipinski definition) is 5. The van der Waals surface area contributed by atoms with E-state index in [2.05, 4.69) is 17.2 Å². The highest BCUT2D eigenvalue weighted by Crippen LogP contribution is 2.22. The molecule has 0 saturated heterocycles. The second kappa shape index (κ2) is 6.78. The van der Waals surface area contributed by atoms with E-state index in [9.17, 15) is 5.11 Å². The molecule has 2 atom stereocenters. The van der Waals surface area contributed by atoms with Crippen LogP contribution >= 0.6 is 12.0 Å². The molecule has 5 heteroatoms. The van der Waals surface area contributed by atoms with E-state index in [0.717, 1.165) is 25.1 Å². The fourth-order valence-corrected chi connectivity index (χ4v) is 2.37. The van der Waals surface area contributed by atoms with E-state index in [1.54, 1.807) is 12.1 Å². The standard InChI is InChI=1S/C13H18N2O2S/c1-2-7-17-18-13-14-8-11(9-15-13)10-3-5-12(16)6-4-10/h3-6,8,11,13,15-16H,2,7,9H2,1H3. The molecule has 98 valence electrons. The monoisotopic (exact) mass is 266 g/mol. The Morgan fingerprint density at radius 1 is 1.44 bits per heavy atom. The highest BCUT2D eigenvalue weighted by atomic mass is 32.2. The minimum atomic E-state index is -0.00934. The van der Waals surface area contributed by atoms with E-state index in [1.165, 1.54) is 12.0 Å². The lowest BCUT2D eigenvalue weighted by Gasteiger charge is -2.23. The average molecular weight is 266 g/mol. The first-order valence-corrected chi connectivity index (χ1v) is 6.94. The minimum absolute atomic E-state index is 0.00934. The third kappa shape index (κ3) is 3.73. The smallest absolute Gasteiger partial charge is 0.171 e. The number of aromatic hydroxyl groups is 1. The van der Waals surface area contributed by atoms with Crippen LogP contribution in [0.15, 0.2) is 29.3 Å². The molecule has 1 aliphatic heterocycles. The molecule has 0 spiro atoms. The molecule has 0 aliphatic carbocycles. The summed E-state index contributed by atoms with van der Waals surface area (Å²) in [5, 5.41) is 12.6. The van der Waals surface area contributed by atoms with Crippen LogP contribution < -0.4 is 5.32 Å². The molecular formula is C13H18N2O2S. The molecule has 0 amide bonds. The maximum absolute atomic E-state index is 9.25. The third-order valence-electron chi connectivity index (χ3n) is 2.68. The molecule has 2 rings (SSSR count). The van der Waals surface area contributed by atoms with Crippen molar-refractivity contribution in [2.75, 3.05) is 13.2 Å². The number of phenols is 1. The van der Waals surface area contributed by atoms with Crippen molar-refractivity contribution in [1.29, 1.82) is 0 Å². The predicted molar refractivity (Wildman–Crippen MR) is 75.0 cm³/mol. The topological polar surface area (TPSA) is 53.9 Å². The Bertz CT molecular complexity index is 394. The van der Waals surface area contributed by atoms with Gasteiger partial charge in [-0.25, -0.2) is 0 Å². The maximum Gasteiger partial charge on any atom is 0.171 e. The van der Waals surface area contributed by atoms with Crippen molar-refractivity contribution in [3.05, 3.63) is 29.8 Å². The van der Waals surface area contributed by atoms with Gasteiger partial charge in [-0.15, -0.1) is 0 Å². The molecule has 0 radical (unpaired) electrons. The number of rotatable bonds is 5. The van der Waals surface area contributed by atoms with Gasteiger partial charge in [0.1, 0.15) is 5.75 Å². The van der Waals surface area contributed by atoms with Gasteiger partial charge in [-0.3, -0.25) is 10.3 Å². The zero-order valence-corrected chi connectivity index (χ0v) is 11.2. The van der Waals surface area contributed by atoms with Crippen LogP contribution in [0, 0.1) is 0 Å². The van der Waals surface area contributed by atoms with Crippen molar-refractivity contribution in [3.8, 4) is 5.75 Å². The molecule has 18 heavy (non-hydrogen) atoms. The molecule has 2 unspecified atom stereocenters. The van der Waals surface area contributed by atoms with Crippen molar-refractivity contribution in [1.82, 2.24) is 5.32 Å². The second-order valence-electron chi connectivity index (χ2n) is 4.17. The summed E-state index contributed by atoms with van der Waals surface area (Å²) in [5.74, 6) is 0.550. The predicted octanol–water partition coefficient (Wildman–Crippen LogP) is 2.51. The van der Waals surface area contributed by atoms with Crippen LogP contribution in [-0.4, -0.2) is 30.0 Å². The molecule has 0 fully saturated rings. The Morgan fingerprint density at radius 3 is 2.83 bits per heavy atom. The van der Waals surface area contributed by atoms with Gasteiger partial charge in [0, 0.05) is 30.7 Å². The Kier molecular flexibility index (Phi) is 5.04. The number of nitrogens with one attached hydrogen (secondary N) is 1. The van der Waals surface area contributed by atoms with Gasteiger partial charge in [-0.2, -0.15) is 0 Å². The Labute approximate surface area is 112 Å². The molecule has 0 aromatic heterocycles. The van der Waals surface area contributed by atoms with E-state index in [1.807, 2.05) is 18.3 Å². The van der Waals surface area contributed by atoms with Crippen LogP contribution in [0.5, 0.6) is 5.75 Å². The average Bonchev–Trinajstić information content (AvgIpc) is 2.41. The molecule has 1 heterocycles. The van der Waals surface area contributed by atoms with Crippen LogP contribution in [0.1, 0.15) is 24.8 Å². The summed E-state index contributed by atoms with van der Waals surface area (Å²) >= 11 is 1.37. The second-order valence-corrected chi connectivity index (χ2v) is 5.05. The molecule has 0 bridgehead atoms. The van der Waals surface area contributed by atoms with Gasteiger partial charge < -0.3 is 9.29 Å². The first-order valence-electron chi connectivity index (χ1n) is 6.13. The number of nitrogens with zero attached hydrogens (tertiary/aromatic N) is 1. The van der Waals surface area contributed by atoms with Gasteiger partial charge in [0.25, 0.3) is 0 Å². The summed E-state index contributed by atoms with van der Waals surface area (Å²) < 4.78 is 5.39. The lowest BCUT2D eigenvalue weighted by atomic mass is 9.99. The SMILES string of the molecule is CCCOSC1N=CC(c2ccc(O)cc2)CN1. The van der Waals surface area contributed by atoms with E-state index in [0.29, 0.717) is 5.75 Å².